The molecule has 0 unspecified atom stereocenters. The van der Waals surface area contributed by atoms with Gasteiger partial charge in [0.15, 0.2) is 0 Å². The number of hydrogen-bond donors (Lipinski definition) is 2. The molecule has 0 saturated carbocycles. The highest BCUT2D eigenvalue weighted by molar-refractivity contribution is 5.96. The molecular weight excluding hydrogens is 366 g/mol. The molecule has 0 heterocycles. The highest BCUT2D eigenvalue weighted by atomic mass is 16.2. The van der Waals surface area contributed by atoms with Gasteiger partial charge in [-0.15, -0.1) is 0 Å². The number of likely N-dealkylation sites (N-methyl/N-ethyl adjacent to an activating group) is 1. The first-order chi connectivity index (χ1) is 13.7. The Morgan fingerprint density at radius 2 is 1.59 bits per heavy atom. The lowest BCUT2D eigenvalue weighted by Crippen LogP contribution is -2.40. The first-order valence-electron chi connectivity index (χ1n) is 9.65. The maximum absolute atomic E-state index is 12.4. The van der Waals surface area contributed by atoms with E-state index >= 15 is 0 Å². The third-order valence-corrected chi connectivity index (χ3v) is 4.64. The lowest BCUT2D eigenvalue weighted by molar-refractivity contribution is -0.133. The van der Waals surface area contributed by atoms with Crippen LogP contribution < -0.4 is 10.6 Å². The quantitative estimate of drug-likeness (QED) is 0.756. The summed E-state index contributed by atoms with van der Waals surface area (Å²) in [5, 5.41) is 5.70. The minimum absolute atomic E-state index is 0.0507. The molecule has 1 atom stereocenters. The van der Waals surface area contributed by atoms with Gasteiger partial charge >= 0.3 is 0 Å². The van der Waals surface area contributed by atoms with Crippen molar-refractivity contribution in [3.63, 3.8) is 0 Å². The summed E-state index contributed by atoms with van der Waals surface area (Å²) >= 11 is 0. The lowest BCUT2D eigenvalue weighted by atomic mass is 10.1. The van der Waals surface area contributed by atoms with Crippen molar-refractivity contribution >= 4 is 23.4 Å². The molecule has 0 bridgehead atoms. The Kier molecular flexibility index (Phi) is 7.53. The number of anilines is 1. The number of aryl methyl sites for hydroxylation is 3. The molecule has 0 radical (unpaired) electrons. The Bertz CT molecular complexity index is 870. The van der Waals surface area contributed by atoms with Crippen molar-refractivity contribution in [2.45, 2.75) is 40.2 Å². The van der Waals surface area contributed by atoms with E-state index in [4.69, 9.17) is 0 Å². The summed E-state index contributed by atoms with van der Waals surface area (Å²) in [4.78, 5) is 38.4. The third-order valence-electron chi connectivity index (χ3n) is 4.64. The average molecular weight is 396 g/mol. The molecule has 6 heteroatoms. The first-order valence-corrected chi connectivity index (χ1v) is 9.65. The summed E-state index contributed by atoms with van der Waals surface area (Å²) in [6, 6.07) is 12.5. The molecular formula is C23H29N3O3. The van der Waals surface area contributed by atoms with E-state index in [0.717, 1.165) is 22.4 Å². The van der Waals surface area contributed by atoms with E-state index in [9.17, 15) is 14.4 Å². The fourth-order valence-electron chi connectivity index (χ4n) is 3.23. The van der Waals surface area contributed by atoms with Crippen molar-refractivity contribution in [2.24, 2.45) is 0 Å². The van der Waals surface area contributed by atoms with Gasteiger partial charge in [-0.05, 0) is 51.0 Å². The molecule has 0 aromatic heterocycles. The maximum atomic E-state index is 12.4. The van der Waals surface area contributed by atoms with E-state index in [1.807, 2.05) is 39.0 Å². The number of rotatable bonds is 7. The zero-order valence-corrected chi connectivity index (χ0v) is 17.7. The Balaban J connectivity index is 1.86. The van der Waals surface area contributed by atoms with E-state index in [2.05, 4.69) is 10.6 Å². The van der Waals surface area contributed by atoms with Crippen LogP contribution in [0.4, 0.5) is 5.69 Å². The second-order valence-corrected chi connectivity index (χ2v) is 7.52. The highest BCUT2D eigenvalue weighted by Crippen LogP contribution is 2.21. The van der Waals surface area contributed by atoms with Gasteiger partial charge in [0.2, 0.25) is 11.8 Å². The summed E-state index contributed by atoms with van der Waals surface area (Å²) in [6.45, 7) is 7.62. The molecule has 0 aliphatic rings. The second kappa shape index (κ2) is 9.87. The number of benzene rings is 2. The van der Waals surface area contributed by atoms with Gasteiger partial charge in [-0.2, -0.15) is 0 Å². The zero-order valence-electron chi connectivity index (χ0n) is 17.7. The molecule has 2 aromatic rings. The van der Waals surface area contributed by atoms with Crippen molar-refractivity contribution < 1.29 is 14.4 Å². The van der Waals surface area contributed by atoms with Gasteiger partial charge in [-0.3, -0.25) is 14.4 Å². The highest BCUT2D eigenvalue weighted by Gasteiger charge is 2.18. The predicted octanol–water partition coefficient (Wildman–Crippen LogP) is 3.22. The van der Waals surface area contributed by atoms with Gasteiger partial charge in [0.1, 0.15) is 0 Å². The molecule has 2 N–H and O–H groups in total. The van der Waals surface area contributed by atoms with Gasteiger partial charge in [0.25, 0.3) is 5.91 Å². The third kappa shape index (κ3) is 6.45. The molecule has 6 nitrogen and oxygen atoms in total. The second-order valence-electron chi connectivity index (χ2n) is 7.52. The number of carbonyl (C=O) groups is 3. The molecule has 2 aromatic carbocycles. The fraction of sp³-hybridized carbons (Fsp3) is 0.348. The van der Waals surface area contributed by atoms with E-state index in [1.165, 1.54) is 4.90 Å². The van der Waals surface area contributed by atoms with Gasteiger partial charge in [-0.25, -0.2) is 0 Å². The van der Waals surface area contributed by atoms with Crippen LogP contribution in [0.5, 0.6) is 0 Å². The van der Waals surface area contributed by atoms with Crippen LogP contribution in [0.25, 0.3) is 0 Å². The largest absolute Gasteiger partial charge is 0.349 e. The molecule has 154 valence electrons. The van der Waals surface area contributed by atoms with Crippen LogP contribution in [0, 0.1) is 20.8 Å². The molecule has 2 rings (SSSR count). The van der Waals surface area contributed by atoms with Crippen LogP contribution in [0.3, 0.4) is 0 Å². The smallest absolute Gasteiger partial charge is 0.251 e. The minimum Gasteiger partial charge on any atom is -0.349 e. The van der Waals surface area contributed by atoms with Crippen molar-refractivity contribution in [1.29, 1.82) is 0 Å². The van der Waals surface area contributed by atoms with Crippen LogP contribution in [0.2, 0.25) is 0 Å². The Morgan fingerprint density at radius 3 is 2.17 bits per heavy atom. The predicted molar refractivity (Wildman–Crippen MR) is 115 cm³/mol. The van der Waals surface area contributed by atoms with E-state index in [0.29, 0.717) is 5.56 Å². The number of nitrogens with one attached hydrogen (secondary N) is 2. The Labute approximate surface area is 172 Å². The lowest BCUT2D eigenvalue weighted by Gasteiger charge is -2.21. The van der Waals surface area contributed by atoms with Crippen molar-refractivity contribution in [3.05, 3.63) is 64.7 Å². The van der Waals surface area contributed by atoms with Crippen LogP contribution in [-0.2, 0) is 9.59 Å². The molecule has 29 heavy (non-hydrogen) atoms. The summed E-state index contributed by atoms with van der Waals surface area (Å²) in [5.74, 6) is -0.688. The Morgan fingerprint density at radius 1 is 1.00 bits per heavy atom. The summed E-state index contributed by atoms with van der Waals surface area (Å²) in [5.41, 5.74) is 4.44. The molecule has 0 saturated heterocycles. The van der Waals surface area contributed by atoms with Crippen LogP contribution >= 0.6 is 0 Å². The van der Waals surface area contributed by atoms with E-state index in [1.54, 1.807) is 38.2 Å². The van der Waals surface area contributed by atoms with Gasteiger partial charge in [0, 0.05) is 30.8 Å². The summed E-state index contributed by atoms with van der Waals surface area (Å²) < 4.78 is 0. The van der Waals surface area contributed by atoms with Gasteiger partial charge in [-0.1, -0.05) is 35.9 Å². The van der Waals surface area contributed by atoms with Gasteiger partial charge < -0.3 is 15.5 Å². The van der Waals surface area contributed by atoms with Crippen LogP contribution in [0.1, 0.15) is 40.4 Å². The molecule has 0 aliphatic carbocycles. The molecule has 0 spiro atoms. The Hall–Kier alpha value is -3.15. The standard InChI is InChI=1S/C23H29N3O3/c1-15-11-16(2)22(17(3)12-15)25-20(27)14-26(5)21(28)13-18(4)24-23(29)19-9-7-6-8-10-19/h6-12,18H,13-14H2,1-5H3,(H,24,29)(H,25,27)/t18-/m1/s1. The number of nitrogens with zero attached hydrogens (tertiary/aromatic N) is 1. The number of amides is 3. The fourth-order valence-corrected chi connectivity index (χ4v) is 3.23. The normalized spacial score (nSPS) is 11.5. The van der Waals surface area contributed by atoms with Gasteiger partial charge in [0.05, 0.1) is 6.54 Å². The molecule has 0 aliphatic heterocycles. The van der Waals surface area contributed by atoms with E-state index in [-0.39, 0.29) is 36.7 Å². The number of carbonyl (C=O) groups excluding carboxylic acids is 3. The summed E-state index contributed by atoms with van der Waals surface area (Å²) in [7, 11) is 1.59. The van der Waals surface area contributed by atoms with Crippen molar-refractivity contribution in [3.8, 4) is 0 Å². The first kappa shape index (κ1) is 22.1. The minimum atomic E-state index is -0.345. The van der Waals surface area contributed by atoms with Crippen molar-refractivity contribution in [2.75, 3.05) is 18.9 Å². The zero-order chi connectivity index (χ0) is 21.6. The SMILES string of the molecule is Cc1cc(C)c(NC(=O)CN(C)C(=O)C[C@@H](C)NC(=O)c2ccccc2)c(C)c1. The van der Waals surface area contributed by atoms with Crippen LogP contribution in [0.15, 0.2) is 42.5 Å². The topological polar surface area (TPSA) is 78.5 Å². The monoisotopic (exact) mass is 395 g/mol. The molecule has 3 amide bonds. The van der Waals surface area contributed by atoms with E-state index < -0.39 is 0 Å². The maximum Gasteiger partial charge on any atom is 0.251 e. The van der Waals surface area contributed by atoms with Crippen molar-refractivity contribution in [1.82, 2.24) is 10.2 Å². The average Bonchev–Trinajstić information content (AvgIpc) is 2.65. The summed E-state index contributed by atoms with van der Waals surface area (Å²) in [6.07, 6.45) is 0.116. The van der Waals surface area contributed by atoms with Crippen LogP contribution in [-0.4, -0.2) is 42.3 Å². The molecule has 0 fully saturated rings. The number of hydrogen-bond acceptors (Lipinski definition) is 3.